The molecular formula is C20H24N2O7. The van der Waals surface area contributed by atoms with Crippen LogP contribution in [0.15, 0.2) is 23.1 Å². The third-order valence-electron chi connectivity index (χ3n) is 5.84. The molecule has 29 heavy (non-hydrogen) atoms. The Morgan fingerprint density at radius 1 is 1.24 bits per heavy atom. The SMILES string of the molecule is COc1c(N2CCC(O)C(C(O)O)C2)ccc2c(=O)c(C(=O)O)cn(C3CC3)c12. The van der Waals surface area contributed by atoms with Crippen molar-refractivity contribution in [3.05, 3.63) is 34.1 Å². The number of piperidine rings is 1. The van der Waals surface area contributed by atoms with Gasteiger partial charge in [-0.3, -0.25) is 4.79 Å². The number of aliphatic hydroxyl groups excluding tert-OH is 2. The summed E-state index contributed by atoms with van der Waals surface area (Å²) in [6.45, 7) is 0.689. The van der Waals surface area contributed by atoms with E-state index in [9.17, 15) is 30.0 Å². The Hall–Kier alpha value is -2.62. The number of nitrogens with zero attached hydrogens (tertiary/aromatic N) is 2. The minimum atomic E-state index is -1.65. The van der Waals surface area contributed by atoms with Crippen molar-refractivity contribution in [2.75, 3.05) is 25.1 Å². The quantitative estimate of drug-likeness (QED) is 0.531. The van der Waals surface area contributed by atoms with Crippen LogP contribution in [0.4, 0.5) is 5.69 Å². The van der Waals surface area contributed by atoms with Gasteiger partial charge in [-0.2, -0.15) is 0 Å². The molecule has 9 heteroatoms. The number of aliphatic hydroxyl groups is 3. The summed E-state index contributed by atoms with van der Waals surface area (Å²) in [7, 11) is 1.49. The molecule has 1 saturated carbocycles. The van der Waals surface area contributed by atoms with Crippen LogP contribution in [0.2, 0.25) is 0 Å². The number of benzene rings is 1. The van der Waals surface area contributed by atoms with Gasteiger partial charge in [-0.25, -0.2) is 4.79 Å². The molecule has 1 aliphatic heterocycles. The lowest BCUT2D eigenvalue weighted by atomic mass is 9.93. The average Bonchev–Trinajstić information content (AvgIpc) is 3.52. The summed E-state index contributed by atoms with van der Waals surface area (Å²) >= 11 is 0. The van der Waals surface area contributed by atoms with Crippen LogP contribution in [0.25, 0.3) is 10.9 Å². The van der Waals surface area contributed by atoms with Gasteiger partial charge < -0.3 is 34.6 Å². The lowest BCUT2D eigenvalue weighted by Crippen LogP contribution is -2.48. The summed E-state index contributed by atoms with van der Waals surface area (Å²) in [5.41, 5.74) is 0.361. The van der Waals surface area contributed by atoms with Crippen LogP contribution in [0.5, 0.6) is 5.75 Å². The van der Waals surface area contributed by atoms with E-state index in [0.717, 1.165) is 12.8 Å². The van der Waals surface area contributed by atoms with Crippen LogP contribution in [0.3, 0.4) is 0 Å². The molecule has 2 atom stereocenters. The second-order valence-corrected chi connectivity index (χ2v) is 7.71. The minimum Gasteiger partial charge on any atom is -0.492 e. The van der Waals surface area contributed by atoms with Crippen LogP contribution in [0.1, 0.15) is 35.7 Å². The zero-order valence-corrected chi connectivity index (χ0v) is 16.0. The van der Waals surface area contributed by atoms with Crippen molar-refractivity contribution in [3.63, 3.8) is 0 Å². The van der Waals surface area contributed by atoms with E-state index in [1.54, 1.807) is 16.7 Å². The molecule has 2 fully saturated rings. The molecule has 1 saturated heterocycles. The molecule has 1 aromatic carbocycles. The maximum Gasteiger partial charge on any atom is 0.341 e. The van der Waals surface area contributed by atoms with Crippen LogP contribution in [-0.4, -0.2) is 63.6 Å². The highest BCUT2D eigenvalue weighted by atomic mass is 16.5. The van der Waals surface area contributed by atoms with Crippen molar-refractivity contribution in [3.8, 4) is 5.75 Å². The fourth-order valence-corrected chi connectivity index (χ4v) is 4.13. The zero-order chi connectivity index (χ0) is 20.9. The Balaban J connectivity index is 1.89. The van der Waals surface area contributed by atoms with Gasteiger partial charge in [0.05, 0.1) is 35.7 Å². The van der Waals surface area contributed by atoms with Crippen LogP contribution in [-0.2, 0) is 0 Å². The van der Waals surface area contributed by atoms with E-state index in [4.69, 9.17) is 4.74 Å². The van der Waals surface area contributed by atoms with Crippen molar-refractivity contribution < 1.29 is 30.0 Å². The van der Waals surface area contributed by atoms with Gasteiger partial charge in [-0.1, -0.05) is 0 Å². The van der Waals surface area contributed by atoms with E-state index in [0.29, 0.717) is 29.9 Å². The Bertz CT molecular complexity index is 1010. The largest absolute Gasteiger partial charge is 0.492 e. The minimum absolute atomic E-state index is 0.107. The standard InChI is InChI=1S/C20H24N2O7/c1-29-18-14(21-7-6-15(23)12(8-21)19(25)26)5-4-11-16(18)22(10-2-3-10)9-13(17(11)24)20(27)28/h4-5,9-10,12,15,19,23,25-26H,2-3,6-8H2,1H3,(H,27,28). The van der Waals surface area contributed by atoms with Crippen molar-refractivity contribution in [2.45, 2.75) is 37.7 Å². The molecule has 1 aliphatic carbocycles. The molecule has 1 aromatic heterocycles. The first-order valence-electron chi connectivity index (χ1n) is 9.61. The summed E-state index contributed by atoms with van der Waals surface area (Å²) in [6.07, 6.45) is 1.05. The number of carboxylic acid groups (broad SMARTS) is 1. The van der Waals surface area contributed by atoms with Crippen molar-refractivity contribution in [1.82, 2.24) is 4.57 Å². The number of ether oxygens (including phenoxy) is 1. The topological polar surface area (TPSA) is 132 Å². The summed E-state index contributed by atoms with van der Waals surface area (Å²) in [5.74, 6) is -1.56. The smallest absolute Gasteiger partial charge is 0.341 e. The highest BCUT2D eigenvalue weighted by Gasteiger charge is 2.35. The molecule has 2 unspecified atom stereocenters. The van der Waals surface area contributed by atoms with E-state index >= 15 is 0 Å². The second-order valence-electron chi connectivity index (χ2n) is 7.71. The van der Waals surface area contributed by atoms with Crippen molar-refractivity contribution >= 4 is 22.6 Å². The second kappa shape index (κ2) is 7.33. The summed E-state index contributed by atoms with van der Waals surface area (Å²) < 4.78 is 7.48. The number of hydrogen-bond donors (Lipinski definition) is 4. The number of carbonyl (C=O) groups is 1. The Morgan fingerprint density at radius 2 is 1.97 bits per heavy atom. The number of aromatic carboxylic acids is 1. The van der Waals surface area contributed by atoms with Gasteiger partial charge in [-0.05, 0) is 31.4 Å². The van der Waals surface area contributed by atoms with Gasteiger partial charge in [-0.15, -0.1) is 0 Å². The molecular weight excluding hydrogens is 380 g/mol. The predicted molar refractivity (Wildman–Crippen MR) is 105 cm³/mol. The highest BCUT2D eigenvalue weighted by Crippen LogP contribution is 2.43. The third kappa shape index (κ3) is 3.35. The number of anilines is 1. The highest BCUT2D eigenvalue weighted by molar-refractivity contribution is 5.97. The number of hydrogen-bond acceptors (Lipinski definition) is 7. The molecule has 0 amide bonds. The molecule has 4 rings (SSSR count). The third-order valence-corrected chi connectivity index (χ3v) is 5.84. The van der Waals surface area contributed by atoms with Crippen LogP contribution < -0.4 is 15.1 Å². The normalized spacial score (nSPS) is 22.3. The summed E-state index contributed by atoms with van der Waals surface area (Å²) in [6, 6.07) is 3.38. The molecule has 156 valence electrons. The van der Waals surface area contributed by atoms with Crippen LogP contribution in [0, 0.1) is 5.92 Å². The summed E-state index contributed by atoms with van der Waals surface area (Å²) in [5, 5.41) is 38.9. The first kappa shape index (κ1) is 19.7. The monoisotopic (exact) mass is 404 g/mol. The molecule has 4 N–H and O–H groups in total. The molecule has 9 nitrogen and oxygen atoms in total. The van der Waals surface area contributed by atoms with Gasteiger partial charge in [0.2, 0.25) is 5.43 Å². The van der Waals surface area contributed by atoms with E-state index in [1.807, 2.05) is 4.90 Å². The van der Waals surface area contributed by atoms with Gasteiger partial charge in [0.15, 0.2) is 12.0 Å². The molecule has 2 aliphatic rings. The maximum absolute atomic E-state index is 12.7. The molecule has 0 spiro atoms. The first-order valence-corrected chi connectivity index (χ1v) is 9.61. The van der Waals surface area contributed by atoms with Gasteiger partial charge in [0, 0.05) is 25.3 Å². The number of methoxy groups -OCH3 is 1. The van der Waals surface area contributed by atoms with E-state index in [2.05, 4.69) is 0 Å². The van der Waals surface area contributed by atoms with E-state index < -0.39 is 29.7 Å². The first-order chi connectivity index (χ1) is 13.8. The number of pyridine rings is 1. The number of fused-ring (bicyclic) bond motifs is 1. The van der Waals surface area contributed by atoms with Gasteiger partial charge >= 0.3 is 5.97 Å². The Kier molecular flexibility index (Phi) is 4.97. The Labute approximate surface area is 166 Å². The Morgan fingerprint density at radius 3 is 2.55 bits per heavy atom. The fourth-order valence-electron chi connectivity index (χ4n) is 4.13. The van der Waals surface area contributed by atoms with Gasteiger partial charge in [0.25, 0.3) is 0 Å². The summed E-state index contributed by atoms with van der Waals surface area (Å²) in [4.78, 5) is 26.2. The number of aromatic nitrogens is 1. The molecule has 2 heterocycles. The molecule has 0 radical (unpaired) electrons. The zero-order valence-electron chi connectivity index (χ0n) is 16.0. The number of carboxylic acids is 1. The van der Waals surface area contributed by atoms with Crippen molar-refractivity contribution in [1.29, 1.82) is 0 Å². The fraction of sp³-hybridized carbons (Fsp3) is 0.500. The lowest BCUT2D eigenvalue weighted by molar-refractivity contribution is -0.120. The number of rotatable bonds is 5. The molecule has 2 aromatic rings. The average molecular weight is 404 g/mol. The van der Waals surface area contributed by atoms with E-state index in [1.165, 1.54) is 13.3 Å². The van der Waals surface area contributed by atoms with Gasteiger partial charge in [0.1, 0.15) is 5.56 Å². The van der Waals surface area contributed by atoms with E-state index in [-0.39, 0.29) is 23.5 Å². The maximum atomic E-state index is 12.7. The predicted octanol–water partition coefficient (Wildman–Crippen LogP) is 0.541. The van der Waals surface area contributed by atoms with Crippen molar-refractivity contribution in [2.24, 2.45) is 5.92 Å². The molecule has 0 bridgehead atoms. The lowest BCUT2D eigenvalue weighted by Gasteiger charge is -2.38. The van der Waals surface area contributed by atoms with Crippen LogP contribution >= 0.6 is 0 Å².